The van der Waals surface area contributed by atoms with E-state index >= 15 is 0 Å². The zero-order chi connectivity index (χ0) is 18.5. The normalized spacial score (nSPS) is 12.4. The Labute approximate surface area is 157 Å². The molecule has 3 aromatic rings. The van der Waals surface area contributed by atoms with Crippen LogP contribution < -0.4 is 14.2 Å². The molecule has 3 heterocycles. The average molecular weight is 364 g/mol. The lowest BCUT2D eigenvalue weighted by molar-refractivity contribution is 0.174. The zero-order valence-electron chi connectivity index (χ0n) is 15.0. The maximum Gasteiger partial charge on any atom is 0.316 e. The van der Waals surface area contributed by atoms with Gasteiger partial charge in [0.25, 0.3) is 0 Å². The molecule has 0 saturated heterocycles. The molecule has 2 aromatic heterocycles. The fraction of sp³-hybridized carbons (Fsp3) is 0.250. The Morgan fingerprint density at radius 1 is 0.926 bits per heavy atom. The Kier molecular flexibility index (Phi) is 5.11. The molecule has 1 aliphatic rings. The van der Waals surface area contributed by atoms with E-state index in [2.05, 4.69) is 32.0 Å². The predicted octanol–water partition coefficient (Wildman–Crippen LogP) is 2.81. The minimum Gasteiger partial charge on any atom is -0.467 e. The molecule has 0 radical (unpaired) electrons. The first-order chi connectivity index (χ1) is 13.3. The summed E-state index contributed by atoms with van der Waals surface area (Å²) in [6, 6.07) is 10.4. The molecule has 0 aliphatic carbocycles. The van der Waals surface area contributed by atoms with Crippen LogP contribution in [0, 0.1) is 0 Å². The molecule has 0 unspecified atom stereocenters. The van der Waals surface area contributed by atoms with Crippen LogP contribution in [0.4, 0.5) is 0 Å². The Hall–Kier alpha value is -3.19. The SMILES string of the molecule is COc1ncc(CN(Cc2cccnc2)Cc2ccc3c(c2)OCO3)cn1. The molecule has 0 amide bonds. The molecule has 0 spiro atoms. The zero-order valence-corrected chi connectivity index (χ0v) is 15.0. The summed E-state index contributed by atoms with van der Waals surface area (Å²) in [6.45, 7) is 2.49. The summed E-state index contributed by atoms with van der Waals surface area (Å²) in [5.41, 5.74) is 3.31. The molecule has 0 N–H and O–H groups in total. The molecule has 27 heavy (non-hydrogen) atoms. The maximum atomic E-state index is 5.50. The van der Waals surface area contributed by atoms with Crippen LogP contribution in [0.5, 0.6) is 17.5 Å². The van der Waals surface area contributed by atoms with Crippen LogP contribution >= 0.6 is 0 Å². The highest BCUT2D eigenvalue weighted by Crippen LogP contribution is 2.33. The third-order valence-electron chi connectivity index (χ3n) is 4.24. The van der Waals surface area contributed by atoms with Crippen molar-refractivity contribution in [3.05, 3.63) is 71.8 Å². The van der Waals surface area contributed by atoms with Crippen LogP contribution in [0.3, 0.4) is 0 Å². The van der Waals surface area contributed by atoms with E-state index in [0.29, 0.717) is 12.6 Å². The standard InChI is InChI=1S/C20H20N4O3/c1-25-20-22-9-17(10-23-20)13-24(12-16-3-2-6-21-8-16)11-15-4-5-18-19(7-15)27-14-26-18/h2-10H,11-14H2,1H3. The lowest BCUT2D eigenvalue weighted by Gasteiger charge is -2.22. The van der Waals surface area contributed by atoms with E-state index in [1.807, 2.05) is 24.4 Å². The van der Waals surface area contributed by atoms with Crippen molar-refractivity contribution in [3.63, 3.8) is 0 Å². The van der Waals surface area contributed by atoms with Crippen molar-refractivity contribution in [2.45, 2.75) is 19.6 Å². The second-order valence-electron chi connectivity index (χ2n) is 6.27. The third-order valence-corrected chi connectivity index (χ3v) is 4.24. The van der Waals surface area contributed by atoms with Crippen molar-refractivity contribution in [2.24, 2.45) is 0 Å². The fourth-order valence-corrected chi connectivity index (χ4v) is 3.00. The minimum absolute atomic E-state index is 0.279. The molecular weight excluding hydrogens is 344 g/mol. The highest BCUT2D eigenvalue weighted by Gasteiger charge is 2.15. The van der Waals surface area contributed by atoms with Gasteiger partial charge in [0, 0.05) is 50.0 Å². The van der Waals surface area contributed by atoms with Gasteiger partial charge < -0.3 is 14.2 Å². The summed E-state index contributed by atoms with van der Waals surface area (Å²) < 4.78 is 15.9. The number of ether oxygens (including phenoxy) is 3. The molecule has 4 rings (SSSR count). The molecule has 0 saturated carbocycles. The summed E-state index contributed by atoms with van der Waals surface area (Å²) in [5, 5.41) is 0. The van der Waals surface area contributed by atoms with Gasteiger partial charge in [0.1, 0.15) is 0 Å². The number of rotatable bonds is 7. The molecular formula is C20H20N4O3. The van der Waals surface area contributed by atoms with Crippen LogP contribution in [0.2, 0.25) is 0 Å². The second-order valence-corrected chi connectivity index (χ2v) is 6.27. The van der Waals surface area contributed by atoms with E-state index < -0.39 is 0 Å². The van der Waals surface area contributed by atoms with E-state index in [-0.39, 0.29) is 6.79 Å². The number of hydrogen-bond acceptors (Lipinski definition) is 7. The number of benzene rings is 1. The number of aromatic nitrogens is 3. The number of nitrogens with zero attached hydrogens (tertiary/aromatic N) is 4. The van der Waals surface area contributed by atoms with Gasteiger partial charge in [-0.2, -0.15) is 0 Å². The van der Waals surface area contributed by atoms with Crippen LogP contribution in [0.1, 0.15) is 16.7 Å². The lowest BCUT2D eigenvalue weighted by Crippen LogP contribution is -2.22. The third kappa shape index (κ3) is 4.32. The van der Waals surface area contributed by atoms with Crippen molar-refractivity contribution >= 4 is 0 Å². The smallest absolute Gasteiger partial charge is 0.316 e. The van der Waals surface area contributed by atoms with Crippen molar-refractivity contribution in [1.29, 1.82) is 0 Å². The Balaban J connectivity index is 1.53. The quantitative estimate of drug-likeness (QED) is 0.638. The van der Waals surface area contributed by atoms with Gasteiger partial charge in [-0.3, -0.25) is 9.88 Å². The van der Waals surface area contributed by atoms with Gasteiger partial charge in [0.05, 0.1) is 7.11 Å². The average Bonchev–Trinajstić information content (AvgIpc) is 3.17. The van der Waals surface area contributed by atoms with Crippen molar-refractivity contribution < 1.29 is 14.2 Å². The molecule has 138 valence electrons. The number of pyridine rings is 1. The number of fused-ring (bicyclic) bond motifs is 1. The Morgan fingerprint density at radius 2 is 1.70 bits per heavy atom. The first kappa shape index (κ1) is 17.2. The van der Waals surface area contributed by atoms with Crippen LogP contribution in [0.15, 0.2) is 55.1 Å². The highest BCUT2D eigenvalue weighted by molar-refractivity contribution is 5.44. The van der Waals surface area contributed by atoms with Gasteiger partial charge >= 0.3 is 6.01 Å². The molecule has 7 nitrogen and oxygen atoms in total. The van der Waals surface area contributed by atoms with E-state index in [1.54, 1.807) is 25.7 Å². The first-order valence-electron chi connectivity index (χ1n) is 8.65. The summed E-state index contributed by atoms with van der Waals surface area (Å²) in [6.07, 6.45) is 7.25. The Morgan fingerprint density at radius 3 is 2.48 bits per heavy atom. The number of hydrogen-bond donors (Lipinski definition) is 0. The van der Waals surface area contributed by atoms with Gasteiger partial charge in [-0.05, 0) is 29.3 Å². The highest BCUT2D eigenvalue weighted by atomic mass is 16.7. The minimum atomic E-state index is 0.279. The van der Waals surface area contributed by atoms with E-state index in [1.165, 1.54) is 0 Å². The lowest BCUT2D eigenvalue weighted by atomic mass is 10.1. The predicted molar refractivity (Wildman–Crippen MR) is 98.3 cm³/mol. The maximum absolute atomic E-state index is 5.50. The van der Waals surface area contributed by atoms with Crippen molar-refractivity contribution in [3.8, 4) is 17.5 Å². The molecule has 1 aromatic carbocycles. The molecule has 7 heteroatoms. The van der Waals surface area contributed by atoms with Gasteiger partial charge in [-0.15, -0.1) is 0 Å². The topological polar surface area (TPSA) is 69.6 Å². The van der Waals surface area contributed by atoms with E-state index in [9.17, 15) is 0 Å². The van der Waals surface area contributed by atoms with Gasteiger partial charge in [0.2, 0.25) is 6.79 Å². The van der Waals surface area contributed by atoms with E-state index in [4.69, 9.17) is 14.2 Å². The van der Waals surface area contributed by atoms with Gasteiger partial charge in [0.15, 0.2) is 11.5 Å². The van der Waals surface area contributed by atoms with E-state index in [0.717, 1.165) is 41.3 Å². The molecule has 0 atom stereocenters. The van der Waals surface area contributed by atoms with Crippen LogP contribution in [0.25, 0.3) is 0 Å². The van der Waals surface area contributed by atoms with Gasteiger partial charge in [-0.1, -0.05) is 12.1 Å². The molecule has 0 bridgehead atoms. The molecule has 0 fully saturated rings. The number of methoxy groups -OCH3 is 1. The summed E-state index contributed by atoms with van der Waals surface area (Å²) in [4.78, 5) is 14.9. The first-order valence-corrected chi connectivity index (χ1v) is 8.65. The van der Waals surface area contributed by atoms with Crippen LogP contribution in [-0.4, -0.2) is 33.8 Å². The molecule has 1 aliphatic heterocycles. The van der Waals surface area contributed by atoms with Crippen LogP contribution in [-0.2, 0) is 19.6 Å². The largest absolute Gasteiger partial charge is 0.467 e. The Bertz CT molecular complexity index is 887. The summed E-state index contributed by atoms with van der Waals surface area (Å²) in [7, 11) is 1.56. The fourth-order valence-electron chi connectivity index (χ4n) is 3.00. The van der Waals surface area contributed by atoms with Gasteiger partial charge in [-0.25, -0.2) is 9.97 Å². The summed E-state index contributed by atoms with van der Waals surface area (Å²) >= 11 is 0. The summed E-state index contributed by atoms with van der Waals surface area (Å²) in [5.74, 6) is 1.59. The second kappa shape index (κ2) is 8.01. The monoisotopic (exact) mass is 364 g/mol. The van der Waals surface area contributed by atoms with Crippen molar-refractivity contribution in [1.82, 2.24) is 19.9 Å². The van der Waals surface area contributed by atoms with Crippen molar-refractivity contribution in [2.75, 3.05) is 13.9 Å².